The number of aromatic nitrogens is 2. The predicted octanol–water partition coefficient (Wildman–Crippen LogP) is 3.85. The average molecular weight is 421 g/mol. The van der Waals surface area contributed by atoms with Crippen LogP contribution in [0.3, 0.4) is 0 Å². The van der Waals surface area contributed by atoms with Crippen LogP contribution in [0.1, 0.15) is 47.2 Å². The lowest BCUT2D eigenvalue weighted by Crippen LogP contribution is -2.35. The third kappa shape index (κ3) is 3.93. The van der Waals surface area contributed by atoms with Crippen molar-refractivity contribution in [3.05, 3.63) is 77.4 Å². The van der Waals surface area contributed by atoms with Crippen molar-refractivity contribution in [2.75, 3.05) is 0 Å². The van der Waals surface area contributed by atoms with Crippen molar-refractivity contribution in [2.45, 2.75) is 51.0 Å². The molecule has 2 aromatic carbocycles. The minimum Gasteiger partial charge on any atom is -0.487 e. The summed E-state index contributed by atoms with van der Waals surface area (Å²) in [5.74, 6) is -0.369. The second kappa shape index (κ2) is 8.15. The normalized spacial score (nSPS) is 20.7. The van der Waals surface area contributed by atoms with Gasteiger partial charge in [-0.3, -0.25) is 4.79 Å². The topological polar surface area (TPSA) is 67.6 Å². The summed E-state index contributed by atoms with van der Waals surface area (Å²) in [6.45, 7) is 0.746. The number of hydrogen-bond acceptors (Lipinski definition) is 4. The summed E-state index contributed by atoms with van der Waals surface area (Å²) >= 11 is 0. The molecule has 160 valence electrons. The van der Waals surface area contributed by atoms with E-state index in [4.69, 9.17) is 4.74 Å². The standard InChI is InChI=1S/C24H24FN3O3/c25-18-12-17-15-27(14-16-6-8-19(9-7-16)28-11-3-10-26-28)24(30)23(17)22(13-18)31-21-5-2-1-4-20(21)29/h3,6-13,20-21,29H,1-2,4-5,14-15H2/t20-,21-/m0/s1. The molecule has 0 radical (unpaired) electrons. The number of ether oxygens (including phenoxy) is 1. The van der Waals surface area contributed by atoms with Gasteiger partial charge in [0.15, 0.2) is 0 Å². The molecule has 6 nitrogen and oxygen atoms in total. The maximum absolute atomic E-state index is 14.3. The van der Waals surface area contributed by atoms with E-state index in [1.165, 1.54) is 12.1 Å². The van der Waals surface area contributed by atoms with Gasteiger partial charge in [-0.1, -0.05) is 18.6 Å². The Morgan fingerprint density at radius 3 is 2.71 bits per heavy atom. The first kappa shape index (κ1) is 19.8. The Bertz CT molecular complexity index is 1080. The van der Waals surface area contributed by atoms with Crippen LogP contribution < -0.4 is 4.74 Å². The molecule has 1 N–H and O–H groups in total. The first-order valence-electron chi connectivity index (χ1n) is 10.6. The molecule has 7 heteroatoms. The lowest BCUT2D eigenvalue weighted by Gasteiger charge is -2.28. The molecule has 0 spiro atoms. The number of nitrogens with zero attached hydrogens (tertiary/aromatic N) is 3. The summed E-state index contributed by atoms with van der Waals surface area (Å²) in [5.41, 5.74) is 2.95. The number of amides is 1. The van der Waals surface area contributed by atoms with Crippen LogP contribution in [-0.4, -0.2) is 37.9 Å². The van der Waals surface area contributed by atoms with Gasteiger partial charge in [-0.2, -0.15) is 5.10 Å². The number of benzene rings is 2. The van der Waals surface area contributed by atoms with Crippen molar-refractivity contribution in [1.29, 1.82) is 0 Å². The second-order valence-corrected chi connectivity index (χ2v) is 8.22. The van der Waals surface area contributed by atoms with E-state index in [1.54, 1.807) is 15.8 Å². The van der Waals surface area contributed by atoms with Crippen LogP contribution in [0, 0.1) is 5.82 Å². The second-order valence-electron chi connectivity index (χ2n) is 8.22. The molecule has 2 heterocycles. The number of fused-ring (bicyclic) bond motifs is 1. The number of rotatable bonds is 5. The zero-order valence-corrected chi connectivity index (χ0v) is 17.1. The third-order valence-corrected chi connectivity index (χ3v) is 6.04. The molecule has 2 aliphatic rings. The molecule has 0 bridgehead atoms. The maximum Gasteiger partial charge on any atom is 0.258 e. The van der Waals surface area contributed by atoms with Crippen LogP contribution in [0.25, 0.3) is 5.69 Å². The summed E-state index contributed by atoms with van der Waals surface area (Å²) in [6, 6.07) is 12.4. The zero-order valence-electron chi connectivity index (χ0n) is 17.1. The van der Waals surface area contributed by atoms with Crippen LogP contribution >= 0.6 is 0 Å². The lowest BCUT2D eigenvalue weighted by atomic mass is 9.94. The number of halogens is 1. The number of carbonyl (C=O) groups excluding carboxylic acids is 1. The molecule has 0 saturated heterocycles. The number of aliphatic hydroxyl groups is 1. The summed E-state index contributed by atoms with van der Waals surface area (Å²) in [4.78, 5) is 14.8. The highest BCUT2D eigenvalue weighted by atomic mass is 19.1. The van der Waals surface area contributed by atoms with Crippen LogP contribution in [0.4, 0.5) is 4.39 Å². The highest BCUT2D eigenvalue weighted by molar-refractivity contribution is 6.01. The molecular weight excluding hydrogens is 397 g/mol. The van der Waals surface area contributed by atoms with Gasteiger partial charge >= 0.3 is 0 Å². The zero-order chi connectivity index (χ0) is 21.4. The Hall–Kier alpha value is -3.19. The van der Waals surface area contributed by atoms with Crippen molar-refractivity contribution in [3.8, 4) is 11.4 Å². The Balaban J connectivity index is 1.34. The van der Waals surface area contributed by atoms with E-state index in [0.717, 1.165) is 24.1 Å². The minimum absolute atomic E-state index is 0.175. The van der Waals surface area contributed by atoms with E-state index in [0.29, 0.717) is 37.1 Å². The monoisotopic (exact) mass is 421 g/mol. The molecule has 1 fully saturated rings. The molecule has 31 heavy (non-hydrogen) atoms. The van der Waals surface area contributed by atoms with Gasteiger partial charge in [-0.25, -0.2) is 9.07 Å². The summed E-state index contributed by atoms with van der Waals surface area (Å²) in [7, 11) is 0. The quantitative estimate of drug-likeness (QED) is 0.680. The first-order valence-corrected chi connectivity index (χ1v) is 10.6. The SMILES string of the molecule is O=C1c2c(cc(F)cc2O[C@H]2CCCC[C@@H]2O)CN1Cc1ccc(-n2cccn2)cc1. The first-order chi connectivity index (χ1) is 15.1. The average Bonchev–Trinajstić information content (AvgIpc) is 3.39. The third-order valence-electron chi connectivity index (χ3n) is 6.04. The van der Waals surface area contributed by atoms with Crippen LogP contribution in [-0.2, 0) is 13.1 Å². The lowest BCUT2D eigenvalue weighted by molar-refractivity contribution is 0.00622. The van der Waals surface area contributed by atoms with Crippen molar-refractivity contribution in [1.82, 2.24) is 14.7 Å². The highest BCUT2D eigenvalue weighted by Crippen LogP contribution is 2.35. The van der Waals surface area contributed by atoms with Gasteiger partial charge in [0.2, 0.25) is 0 Å². The van der Waals surface area contributed by atoms with Gasteiger partial charge in [0.25, 0.3) is 5.91 Å². The number of carbonyl (C=O) groups is 1. The predicted molar refractivity (Wildman–Crippen MR) is 112 cm³/mol. The van der Waals surface area contributed by atoms with Crippen LogP contribution in [0.2, 0.25) is 0 Å². The smallest absolute Gasteiger partial charge is 0.258 e. The molecule has 1 aromatic heterocycles. The Labute approximate surface area is 179 Å². The van der Waals surface area contributed by atoms with E-state index in [9.17, 15) is 14.3 Å². The van der Waals surface area contributed by atoms with Gasteiger partial charge in [0.1, 0.15) is 17.7 Å². The van der Waals surface area contributed by atoms with Crippen molar-refractivity contribution in [2.24, 2.45) is 0 Å². The fraction of sp³-hybridized carbons (Fsp3) is 0.333. The molecule has 1 saturated carbocycles. The van der Waals surface area contributed by atoms with E-state index in [1.807, 2.05) is 36.5 Å². The number of aliphatic hydroxyl groups excluding tert-OH is 1. The van der Waals surface area contributed by atoms with Gasteiger partial charge in [0.05, 0.1) is 17.4 Å². The van der Waals surface area contributed by atoms with Gasteiger partial charge < -0.3 is 14.7 Å². The van der Waals surface area contributed by atoms with Crippen molar-refractivity contribution < 1.29 is 19.0 Å². The van der Waals surface area contributed by atoms with Crippen molar-refractivity contribution in [3.63, 3.8) is 0 Å². The van der Waals surface area contributed by atoms with Crippen molar-refractivity contribution >= 4 is 5.91 Å². The molecule has 0 unspecified atom stereocenters. The largest absolute Gasteiger partial charge is 0.487 e. The van der Waals surface area contributed by atoms with Gasteiger partial charge in [-0.15, -0.1) is 0 Å². The Morgan fingerprint density at radius 1 is 1.16 bits per heavy atom. The van der Waals surface area contributed by atoms with Crippen LogP contribution in [0.5, 0.6) is 5.75 Å². The molecule has 3 aromatic rings. The minimum atomic E-state index is -0.589. The number of hydrogen-bond donors (Lipinski definition) is 1. The Morgan fingerprint density at radius 2 is 1.97 bits per heavy atom. The molecule has 1 amide bonds. The van der Waals surface area contributed by atoms with E-state index in [2.05, 4.69) is 5.10 Å². The Kier molecular flexibility index (Phi) is 5.19. The van der Waals surface area contributed by atoms with E-state index >= 15 is 0 Å². The molecule has 1 aliphatic heterocycles. The summed E-state index contributed by atoms with van der Waals surface area (Å²) in [6.07, 6.45) is 5.87. The fourth-order valence-electron chi connectivity index (χ4n) is 4.43. The van der Waals surface area contributed by atoms with E-state index < -0.39 is 18.0 Å². The van der Waals surface area contributed by atoms with Gasteiger partial charge in [-0.05, 0) is 54.7 Å². The summed E-state index contributed by atoms with van der Waals surface area (Å²) in [5, 5.41) is 14.4. The van der Waals surface area contributed by atoms with E-state index in [-0.39, 0.29) is 11.7 Å². The molecular formula is C24H24FN3O3. The van der Waals surface area contributed by atoms with Gasteiger partial charge in [0, 0.05) is 31.5 Å². The molecule has 1 aliphatic carbocycles. The molecule has 5 rings (SSSR count). The van der Waals surface area contributed by atoms with Crippen LogP contribution in [0.15, 0.2) is 54.9 Å². The maximum atomic E-state index is 14.3. The fourth-order valence-corrected chi connectivity index (χ4v) is 4.43. The summed E-state index contributed by atoms with van der Waals surface area (Å²) < 4.78 is 22.0. The molecule has 2 atom stereocenters. The highest BCUT2D eigenvalue weighted by Gasteiger charge is 2.34.